The average molecular weight is 352 g/mol. The van der Waals surface area contributed by atoms with Crippen LogP contribution in [0.3, 0.4) is 0 Å². The molecule has 5 nitrogen and oxygen atoms in total. The maximum absolute atomic E-state index is 12.1. The number of aromatic nitrogens is 1. The highest BCUT2D eigenvalue weighted by molar-refractivity contribution is 5.95. The van der Waals surface area contributed by atoms with Crippen molar-refractivity contribution in [2.24, 2.45) is 5.41 Å². The summed E-state index contributed by atoms with van der Waals surface area (Å²) >= 11 is 0. The van der Waals surface area contributed by atoms with Crippen LogP contribution in [0, 0.1) is 5.41 Å². The van der Waals surface area contributed by atoms with Crippen LogP contribution >= 0.6 is 0 Å². The van der Waals surface area contributed by atoms with Gasteiger partial charge in [0.15, 0.2) is 5.58 Å². The zero-order valence-corrected chi connectivity index (χ0v) is 15.8. The van der Waals surface area contributed by atoms with E-state index < -0.39 is 5.41 Å². The number of anilines is 1. The number of amides is 1. The van der Waals surface area contributed by atoms with Crippen LogP contribution in [0.25, 0.3) is 22.6 Å². The molecule has 0 saturated heterocycles. The van der Waals surface area contributed by atoms with E-state index >= 15 is 0 Å². The molecule has 2 N–H and O–H groups in total. The van der Waals surface area contributed by atoms with Crippen LogP contribution in [0.4, 0.5) is 5.69 Å². The predicted molar refractivity (Wildman–Crippen MR) is 103 cm³/mol. The Morgan fingerprint density at radius 3 is 2.50 bits per heavy atom. The first-order valence-corrected chi connectivity index (χ1v) is 8.70. The SMILES string of the molecule is CC(C)c1ccc2oc(-c3ccc(NC(=O)C(C)(C)C)cc3O)nc2c1. The summed E-state index contributed by atoms with van der Waals surface area (Å²) in [7, 11) is 0. The van der Waals surface area contributed by atoms with Gasteiger partial charge in [-0.3, -0.25) is 4.79 Å². The minimum atomic E-state index is -0.511. The van der Waals surface area contributed by atoms with Crippen LogP contribution in [0.1, 0.15) is 46.1 Å². The Balaban J connectivity index is 1.92. The number of rotatable bonds is 3. The first-order valence-electron chi connectivity index (χ1n) is 8.70. The van der Waals surface area contributed by atoms with Crippen LogP contribution in [-0.4, -0.2) is 16.0 Å². The van der Waals surface area contributed by atoms with Crippen molar-refractivity contribution >= 4 is 22.7 Å². The Morgan fingerprint density at radius 2 is 1.88 bits per heavy atom. The van der Waals surface area contributed by atoms with Gasteiger partial charge in [-0.2, -0.15) is 0 Å². The molecule has 5 heteroatoms. The molecule has 0 fully saturated rings. The minimum Gasteiger partial charge on any atom is -0.507 e. The molecule has 0 bridgehead atoms. The number of nitrogens with one attached hydrogen (secondary N) is 1. The van der Waals surface area contributed by atoms with E-state index in [1.54, 1.807) is 12.1 Å². The van der Waals surface area contributed by atoms with E-state index in [0.717, 1.165) is 5.52 Å². The normalized spacial score (nSPS) is 11.9. The highest BCUT2D eigenvalue weighted by atomic mass is 16.3. The molecule has 1 aromatic heterocycles. The second-order valence-corrected chi connectivity index (χ2v) is 7.84. The number of hydrogen-bond donors (Lipinski definition) is 2. The smallest absolute Gasteiger partial charge is 0.231 e. The van der Waals surface area contributed by atoms with Gasteiger partial charge in [0.05, 0.1) is 5.56 Å². The first kappa shape index (κ1) is 18.0. The summed E-state index contributed by atoms with van der Waals surface area (Å²) in [6.07, 6.45) is 0. The second-order valence-electron chi connectivity index (χ2n) is 7.84. The average Bonchev–Trinajstić information content (AvgIpc) is 2.96. The maximum Gasteiger partial charge on any atom is 0.231 e. The summed E-state index contributed by atoms with van der Waals surface area (Å²) < 4.78 is 5.79. The number of aromatic hydroxyl groups is 1. The molecule has 0 aliphatic heterocycles. The fourth-order valence-corrected chi connectivity index (χ4v) is 2.53. The molecule has 0 atom stereocenters. The molecule has 2 aromatic carbocycles. The Labute approximate surface area is 153 Å². The lowest BCUT2D eigenvalue weighted by atomic mass is 9.95. The molecule has 0 spiro atoms. The van der Waals surface area contributed by atoms with Gasteiger partial charge in [-0.1, -0.05) is 40.7 Å². The Kier molecular flexibility index (Phi) is 4.48. The molecule has 0 unspecified atom stereocenters. The lowest BCUT2D eigenvalue weighted by Gasteiger charge is -2.17. The number of benzene rings is 2. The fraction of sp³-hybridized carbons (Fsp3) is 0.333. The molecule has 0 aliphatic carbocycles. The molecule has 0 radical (unpaired) electrons. The van der Waals surface area contributed by atoms with Gasteiger partial charge < -0.3 is 14.8 Å². The third-order valence-corrected chi connectivity index (χ3v) is 4.25. The second kappa shape index (κ2) is 6.48. The monoisotopic (exact) mass is 352 g/mol. The highest BCUT2D eigenvalue weighted by Gasteiger charge is 2.22. The van der Waals surface area contributed by atoms with E-state index in [2.05, 4.69) is 24.1 Å². The molecule has 26 heavy (non-hydrogen) atoms. The van der Waals surface area contributed by atoms with Gasteiger partial charge >= 0.3 is 0 Å². The lowest BCUT2D eigenvalue weighted by molar-refractivity contribution is -0.123. The quantitative estimate of drug-likeness (QED) is 0.670. The largest absolute Gasteiger partial charge is 0.507 e. The molecule has 0 saturated carbocycles. The van der Waals surface area contributed by atoms with Crippen molar-refractivity contribution in [3.8, 4) is 17.2 Å². The molecular formula is C21H24N2O3. The summed E-state index contributed by atoms with van der Waals surface area (Å²) in [5, 5.41) is 13.2. The summed E-state index contributed by atoms with van der Waals surface area (Å²) in [5.41, 5.74) is 3.12. The summed E-state index contributed by atoms with van der Waals surface area (Å²) in [6, 6.07) is 10.9. The van der Waals surface area contributed by atoms with Crippen molar-refractivity contribution in [1.82, 2.24) is 4.98 Å². The van der Waals surface area contributed by atoms with Crippen molar-refractivity contribution < 1.29 is 14.3 Å². The van der Waals surface area contributed by atoms with E-state index in [0.29, 0.717) is 28.6 Å². The first-order chi connectivity index (χ1) is 12.1. The molecule has 3 rings (SSSR count). The number of phenols is 1. The molecule has 1 amide bonds. The summed E-state index contributed by atoms with van der Waals surface area (Å²) in [4.78, 5) is 16.6. The lowest BCUT2D eigenvalue weighted by Crippen LogP contribution is -2.27. The number of phenolic OH excluding ortho intramolecular Hbond substituents is 1. The van der Waals surface area contributed by atoms with Crippen molar-refractivity contribution in [1.29, 1.82) is 0 Å². The van der Waals surface area contributed by atoms with Gasteiger partial charge in [-0.05, 0) is 35.7 Å². The minimum absolute atomic E-state index is 0.00680. The van der Waals surface area contributed by atoms with Crippen LogP contribution in [0.15, 0.2) is 40.8 Å². The van der Waals surface area contributed by atoms with Crippen LogP contribution in [-0.2, 0) is 4.79 Å². The summed E-state index contributed by atoms with van der Waals surface area (Å²) in [6.45, 7) is 9.75. The highest BCUT2D eigenvalue weighted by Crippen LogP contribution is 2.34. The fourth-order valence-electron chi connectivity index (χ4n) is 2.53. The summed E-state index contributed by atoms with van der Waals surface area (Å²) in [5.74, 6) is 0.644. The number of carbonyl (C=O) groups excluding carboxylic acids is 1. The molecule has 3 aromatic rings. The molecule has 136 valence electrons. The number of carbonyl (C=O) groups is 1. The van der Waals surface area contributed by atoms with Crippen molar-refractivity contribution in [3.05, 3.63) is 42.0 Å². The van der Waals surface area contributed by atoms with E-state index in [-0.39, 0.29) is 11.7 Å². The van der Waals surface area contributed by atoms with Crippen molar-refractivity contribution in [2.45, 2.75) is 40.5 Å². The standard InChI is InChI=1S/C21H24N2O3/c1-12(2)13-6-9-18-16(10-13)23-19(26-18)15-8-7-14(11-17(15)24)22-20(25)21(3,4)5/h6-12,24H,1-5H3,(H,22,25). The molecular weight excluding hydrogens is 328 g/mol. The molecule has 1 heterocycles. The number of oxazole rings is 1. The van der Waals surface area contributed by atoms with Gasteiger partial charge in [0.25, 0.3) is 0 Å². The van der Waals surface area contributed by atoms with Crippen LogP contribution in [0.2, 0.25) is 0 Å². The van der Waals surface area contributed by atoms with Crippen molar-refractivity contribution in [3.63, 3.8) is 0 Å². The maximum atomic E-state index is 12.1. The van der Waals surface area contributed by atoms with Crippen molar-refractivity contribution in [2.75, 3.05) is 5.32 Å². The van der Waals surface area contributed by atoms with E-state index in [1.807, 2.05) is 39.0 Å². The third kappa shape index (κ3) is 3.57. The zero-order chi connectivity index (χ0) is 19.1. The van der Waals surface area contributed by atoms with Gasteiger partial charge in [0, 0.05) is 17.2 Å². The number of hydrogen-bond acceptors (Lipinski definition) is 4. The van der Waals surface area contributed by atoms with E-state index in [9.17, 15) is 9.90 Å². The Morgan fingerprint density at radius 1 is 1.15 bits per heavy atom. The van der Waals surface area contributed by atoms with Crippen LogP contribution < -0.4 is 5.32 Å². The number of fused-ring (bicyclic) bond motifs is 1. The Bertz CT molecular complexity index is 965. The zero-order valence-electron chi connectivity index (χ0n) is 15.8. The Hall–Kier alpha value is -2.82. The van der Waals surface area contributed by atoms with Crippen LogP contribution in [0.5, 0.6) is 5.75 Å². The topological polar surface area (TPSA) is 75.4 Å². The van der Waals surface area contributed by atoms with Gasteiger partial charge in [0.2, 0.25) is 11.8 Å². The predicted octanol–water partition coefficient (Wildman–Crippen LogP) is 5.31. The third-order valence-electron chi connectivity index (χ3n) is 4.25. The van der Waals surface area contributed by atoms with E-state index in [4.69, 9.17) is 4.42 Å². The van der Waals surface area contributed by atoms with Gasteiger partial charge in [-0.25, -0.2) is 4.98 Å². The van der Waals surface area contributed by atoms with E-state index in [1.165, 1.54) is 11.6 Å². The van der Waals surface area contributed by atoms with Gasteiger partial charge in [-0.15, -0.1) is 0 Å². The number of nitrogens with zero attached hydrogens (tertiary/aromatic N) is 1. The van der Waals surface area contributed by atoms with Gasteiger partial charge in [0.1, 0.15) is 11.3 Å². The molecule has 0 aliphatic rings.